The first-order chi connectivity index (χ1) is 7.95. The van der Waals surface area contributed by atoms with E-state index in [-0.39, 0.29) is 25.0 Å². The molecule has 3 N–H and O–H groups in total. The van der Waals surface area contributed by atoms with Crippen molar-refractivity contribution in [3.63, 3.8) is 0 Å². The van der Waals surface area contributed by atoms with E-state index in [1.165, 1.54) is 0 Å². The highest BCUT2D eigenvalue weighted by molar-refractivity contribution is 5.79. The van der Waals surface area contributed by atoms with E-state index in [9.17, 15) is 14.4 Å². The maximum Gasteiger partial charge on any atom is 0.307 e. The van der Waals surface area contributed by atoms with Gasteiger partial charge >= 0.3 is 11.9 Å². The number of carbonyl (C=O) groups excluding carboxylic acids is 1. The first kappa shape index (κ1) is 13.0. The van der Waals surface area contributed by atoms with Crippen LogP contribution in [-0.4, -0.2) is 33.4 Å². The predicted molar refractivity (Wildman–Crippen MR) is 58.2 cm³/mol. The number of carbonyl (C=O) groups is 3. The zero-order valence-electron chi connectivity index (χ0n) is 9.32. The number of aryl methyl sites for hydroxylation is 1. The lowest BCUT2D eigenvalue weighted by Gasteiger charge is -2.02. The normalized spacial score (nSPS) is 10.2. The second kappa shape index (κ2) is 5.29. The number of aromatic nitrogens is 1. The summed E-state index contributed by atoms with van der Waals surface area (Å²) in [4.78, 5) is 34.8. The average molecular weight is 239 g/mol. The molecule has 0 aromatic carbocycles. The molecular weight excluding hydrogens is 226 g/mol. The van der Waals surface area contributed by atoms with E-state index in [0.29, 0.717) is 23.1 Å². The van der Waals surface area contributed by atoms with Crippen LogP contribution in [0.3, 0.4) is 0 Å². The molecule has 0 aliphatic carbocycles. The molecule has 0 spiro atoms. The van der Waals surface area contributed by atoms with Gasteiger partial charge in [0.15, 0.2) is 6.29 Å². The van der Waals surface area contributed by atoms with Crippen LogP contribution in [0.2, 0.25) is 0 Å². The van der Waals surface area contributed by atoms with Gasteiger partial charge in [-0.1, -0.05) is 0 Å². The van der Waals surface area contributed by atoms with Crippen LogP contribution in [0.5, 0.6) is 0 Å². The Morgan fingerprint density at radius 1 is 1.24 bits per heavy atom. The third-order valence-electron chi connectivity index (χ3n) is 2.50. The van der Waals surface area contributed by atoms with Gasteiger partial charge in [-0.05, 0) is 24.5 Å². The highest BCUT2D eigenvalue weighted by Gasteiger charge is 2.17. The Labute approximate surface area is 97.3 Å². The number of aromatic amines is 1. The fraction of sp³-hybridized carbons (Fsp3) is 0.364. The Morgan fingerprint density at radius 3 is 2.35 bits per heavy atom. The maximum atomic E-state index is 10.8. The summed E-state index contributed by atoms with van der Waals surface area (Å²) in [7, 11) is 0. The molecule has 1 aromatic heterocycles. The van der Waals surface area contributed by atoms with Crippen LogP contribution in [0.1, 0.15) is 33.7 Å². The van der Waals surface area contributed by atoms with Gasteiger partial charge in [0, 0.05) is 12.1 Å². The Bertz CT molecular complexity index is 461. The molecule has 6 heteroatoms. The van der Waals surface area contributed by atoms with E-state index in [1.807, 2.05) is 0 Å². The molecule has 1 aromatic rings. The first-order valence-corrected chi connectivity index (χ1v) is 5.04. The van der Waals surface area contributed by atoms with Crippen molar-refractivity contribution in [2.45, 2.75) is 26.2 Å². The molecule has 0 saturated heterocycles. The molecule has 92 valence electrons. The largest absolute Gasteiger partial charge is 0.481 e. The zero-order valence-corrected chi connectivity index (χ0v) is 9.32. The van der Waals surface area contributed by atoms with Crippen molar-refractivity contribution in [1.82, 2.24) is 4.98 Å². The number of aldehydes is 1. The third kappa shape index (κ3) is 3.17. The Balaban J connectivity index is 3.07. The van der Waals surface area contributed by atoms with E-state index in [4.69, 9.17) is 10.2 Å². The highest BCUT2D eigenvalue weighted by Crippen LogP contribution is 2.20. The second-order valence-electron chi connectivity index (χ2n) is 3.70. The van der Waals surface area contributed by atoms with Gasteiger partial charge in [0.1, 0.15) is 0 Å². The van der Waals surface area contributed by atoms with Gasteiger partial charge in [-0.15, -0.1) is 0 Å². The fourth-order valence-electron chi connectivity index (χ4n) is 1.75. The highest BCUT2D eigenvalue weighted by atomic mass is 16.4. The van der Waals surface area contributed by atoms with E-state index in [1.54, 1.807) is 6.92 Å². The third-order valence-corrected chi connectivity index (χ3v) is 2.50. The van der Waals surface area contributed by atoms with Crippen molar-refractivity contribution < 1.29 is 24.6 Å². The Morgan fingerprint density at radius 2 is 1.88 bits per heavy atom. The van der Waals surface area contributed by atoms with Crippen LogP contribution >= 0.6 is 0 Å². The monoisotopic (exact) mass is 239 g/mol. The number of H-pyrrole nitrogens is 1. The lowest BCUT2D eigenvalue weighted by Crippen LogP contribution is -2.06. The van der Waals surface area contributed by atoms with Crippen molar-refractivity contribution in [3.05, 3.63) is 22.5 Å². The van der Waals surface area contributed by atoms with Crippen LogP contribution < -0.4 is 0 Å². The van der Waals surface area contributed by atoms with Crippen molar-refractivity contribution in [2.24, 2.45) is 0 Å². The van der Waals surface area contributed by atoms with Gasteiger partial charge in [-0.2, -0.15) is 0 Å². The van der Waals surface area contributed by atoms with Crippen LogP contribution in [-0.2, 0) is 22.4 Å². The molecule has 0 aliphatic heterocycles. The summed E-state index contributed by atoms with van der Waals surface area (Å²) in [6, 6.07) is 0. The molecule has 0 amide bonds. The zero-order chi connectivity index (χ0) is 13.0. The van der Waals surface area contributed by atoms with Gasteiger partial charge in [0.05, 0.1) is 12.1 Å². The molecule has 6 nitrogen and oxygen atoms in total. The summed E-state index contributed by atoms with van der Waals surface area (Å²) >= 11 is 0. The van der Waals surface area contributed by atoms with E-state index in [2.05, 4.69) is 4.98 Å². The topological polar surface area (TPSA) is 107 Å². The van der Waals surface area contributed by atoms with Gasteiger partial charge in [0.2, 0.25) is 0 Å². The van der Waals surface area contributed by atoms with Gasteiger partial charge < -0.3 is 15.2 Å². The molecule has 0 atom stereocenters. The van der Waals surface area contributed by atoms with E-state index < -0.39 is 11.9 Å². The SMILES string of the molecule is Cc1[nH]c(C=O)c(CCC(=O)O)c1CC(=O)O. The maximum absolute atomic E-state index is 10.8. The molecule has 0 aliphatic rings. The standard InChI is InChI=1S/C11H13NO5/c1-6-8(4-11(16)17)7(2-3-10(14)15)9(5-13)12-6/h5,12H,2-4H2,1H3,(H,14,15)(H,16,17). The lowest BCUT2D eigenvalue weighted by atomic mass is 10.0. The quantitative estimate of drug-likeness (QED) is 0.636. The number of hydrogen-bond acceptors (Lipinski definition) is 3. The van der Waals surface area contributed by atoms with Crippen LogP contribution in [0.15, 0.2) is 0 Å². The molecule has 0 saturated carbocycles. The number of aliphatic carboxylic acids is 2. The second-order valence-corrected chi connectivity index (χ2v) is 3.70. The summed E-state index contributed by atoms with van der Waals surface area (Å²) < 4.78 is 0. The summed E-state index contributed by atoms with van der Waals surface area (Å²) in [5, 5.41) is 17.4. The molecule has 17 heavy (non-hydrogen) atoms. The van der Waals surface area contributed by atoms with Crippen molar-refractivity contribution in [1.29, 1.82) is 0 Å². The Kier molecular flexibility index (Phi) is 4.03. The smallest absolute Gasteiger partial charge is 0.307 e. The predicted octanol–water partition coefficient (Wildman–Crippen LogP) is 0.780. The average Bonchev–Trinajstić information content (AvgIpc) is 2.52. The van der Waals surface area contributed by atoms with E-state index >= 15 is 0 Å². The number of hydrogen-bond donors (Lipinski definition) is 3. The summed E-state index contributed by atoms with van der Waals surface area (Å²) in [6.07, 6.45) is 0.377. The van der Waals surface area contributed by atoms with Crippen molar-refractivity contribution in [3.8, 4) is 0 Å². The van der Waals surface area contributed by atoms with E-state index in [0.717, 1.165) is 0 Å². The molecule has 1 heterocycles. The molecule has 0 unspecified atom stereocenters. The molecule has 0 radical (unpaired) electrons. The molecule has 0 bridgehead atoms. The minimum atomic E-state index is -1.01. The van der Waals surface area contributed by atoms with Crippen molar-refractivity contribution in [2.75, 3.05) is 0 Å². The summed E-state index contributed by atoms with van der Waals surface area (Å²) in [5.74, 6) is -2.00. The van der Waals surface area contributed by atoms with Gasteiger partial charge in [-0.3, -0.25) is 14.4 Å². The lowest BCUT2D eigenvalue weighted by molar-refractivity contribution is -0.137. The molecule has 1 rings (SSSR count). The minimum Gasteiger partial charge on any atom is -0.481 e. The first-order valence-electron chi connectivity index (χ1n) is 5.04. The summed E-state index contributed by atoms with van der Waals surface area (Å²) in [5.41, 5.74) is 1.85. The molecular formula is C11H13NO5. The minimum absolute atomic E-state index is 0.134. The van der Waals surface area contributed by atoms with Crippen LogP contribution in [0.25, 0.3) is 0 Å². The number of carboxylic acid groups (broad SMARTS) is 2. The van der Waals surface area contributed by atoms with Crippen molar-refractivity contribution >= 4 is 18.2 Å². The number of nitrogens with one attached hydrogen (secondary N) is 1. The number of carboxylic acids is 2. The number of rotatable bonds is 6. The van der Waals surface area contributed by atoms with Crippen LogP contribution in [0.4, 0.5) is 0 Å². The van der Waals surface area contributed by atoms with Crippen LogP contribution in [0, 0.1) is 6.92 Å². The van der Waals surface area contributed by atoms with Gasteiger partial charge in [-0.25, -0.2) is 0 Å². The molecule has 0 fully saturated rings. The summed E-state index contributed by atoms with van der Waals surface area (Å²) in [6.45, 7) is 1.66. The Hall–Kier alpha value is -2.11. The van der Waals surface area contributed by atoms with Gasteiger partial charge in [0.25, 0.3) is 0 Å². The fourth-order valence-corrected chi connectivity index (χ4v) is 1.75.